The summed E-state index contributed by atoms with van der Waals surface area (Å²) in [7, 11) is 0. The minimum atomic E-state index is -1.02. The highest BCUT2D eigenvalue weighted by Crippen LogP contribution is 2.37. The molecule has 458 valence electrons. The van der Waals surface area contributed by atoms with Crippen LogP contribution in [0.15, 0.2) is 121 Å². The molecule has 4 aliphatic heterocycles. The Kier molecular flexibility index (Phi) is 26.0. The van der Waals surface area contributed by atoms with Gasteiger partial charge in [0.15, 0.2) is 0 Å². The van der Waals surface area contributed by atoms with Crippen LogP contribution >= 0.6 is 24.8 Å². The quantitative estimate of drug-likeness (QED) is 0.0463. The van der Waals surface area contributed by atoms with Gasteiger partial charge in [-0.3, -0.25) is 38.4 Å². The van der Waals surface area contributed by atoms with Gasteiger partial charge in [0.1, 0.15) is 24.2 Å². The molecular formula is C66H82Cl2N10O8. The molecule has 4 aromatic carbocycles. The van der Waals surface area contributed by atoms with Crippen molar-refractivity contribution in [1.82, 2.24) is 41.7 Å². The molecule has 0 aromatic heterocycles. The van der Waals surface area contributed by atoms with Crippen LogP contribution in [-0.4, -0.2) is 118 Å². The average Bonchev–Trinajstić information content (AvgIpc) is 3.02. The molecule has 18 nitrogen and oxygen atoms in total. The summed E-state index contributed by atoms with van der Waals surface area (Å²) in [6, 6.07) is 32.1. The second kappa shape index (κ2) is 33.2. The number of nitrogens with one attached hydrogen (secondary N) is 6. The average molecular weight is 1210 g/mol. The Bertz CT molecular complexity index is 2780. The monoisotopic (exact) mass is 1210 g/mol. The fraction of sp³-hybridized carbons (Fsp3) is 0.455. The van der Waals surface area contributed by atoms with Crippen LogP contribution < -0.4 is 43.4 Å². The molecule has 86 heavy (non-hydrogen) atoms. The lowest BCUT2D eigenvalue weighted by Crippen LogP contribution is -2.59. The Balaban J connectivity index is 0.00000591. The van der Waals surface area contributed by atoms with Crippen molar-refractivity contribution in [2.24, 2.45) is 23.3 Å². The number of benzene rings is 4. The van der Waals surface area contributed by atoms with E-state index in [0.29, 0.717) is 64.2 Å². The smallest absolute Gasteiger partial charge is 0.246 e. The molecule has 8 amide bonds. The van der Waals surface area contributed by atoms with Crippen molar-refractivity contribution < 1.29 is 38.4 Å². The molecule has 4 saturated heterocycles. The molecular weight excluding hydrogens is 1130 g/mol. The van der Waals surface area contributed by atoms with E-state index in [2.05, 4.69) is 55.6 Å². The van der Waals surface area contributed by atoms with Gasteiger partial charge in [-0.15, -0.1) is 24.8 Å². The zero-order valence-corrected chi connectivity index (χ0v) is 50.6. The molecule has 0 spiro atoms. The summed E-state index contributed by atoms with van der Waals surface area (Å²) in [5, 5.41) is 18.1. The number of carbonyl (C=O) groups excluding carboxylic acids is 8. The number of hydrogen-bond acceptors (Lipinski definition) is 10. The third-order valence-electron chi connectivity index (χ3n) is 16.9. The number of nitrogens with two attached hydrogens (primary N) is 2. The molecule has 4 aliphatic rings. The summed E-state index contributed by atoms with van der Waals surface area (Å²) in [5.74, 6) is 7.50. The second-order valence-electron chi connectivity index (χ2n) is 22.4. The topological polar surface area (TPSA) is 267 Å². The van der Waals surface area contributed by atoms with Crippen molar-refractivity contribution in [3.63, 3.8) is 0 Å². The molecule has 4 aromatic rings. The first-order chi connectivity index (χ1) is 40.8. The minimum absolute atomic E-state index is 0. The fourth-order valence-corrected chi connectivity index (χ4v) is 12.1. The second-order valence-corrected chi connectivity index (χ2v) is 22.4. The molecule has 4 fully saturated rings. The summed E-state index contributed by atoms with van der Waals surface area (Å²) in [4.78, 5) is 114. The molecule has 0 unspecified atom stereocenters. The van der Waals surface area contributed by atoms with E-state index in [4.69, 9.17) is 11.5 Å². The lowest BCUT2D eigenvalue weighted by atomic mass is 9.92. The van der Waals surface area contributed by atoms with Gasteiger partial charge in [0, 0.05) is 62.7 Å². The van der Waals surface area contributed by atoms with Gasteiger partial charge in [0.25, 0.3) is 0 Å². The van der Waals surface area contributed by atoms with Crippen LogP contribution in [0.5, 0.6) is 0 Å². The Labute approximate surface area is 517 Å². The highest BCUT2D eigenvalue weighted by atomic mass is 35.5. The lowest BCUT2D eigenvalue weighted by Gasteiger charge is -2.33. The van der Waals surface area contributed by atoms with Crippen LogP contribution in [0.3, 0.4) is 0 Å². The molecule has 4 heterocycles. The van der Waals surface area contributed by atoms with Crippen LogP contribution in [0.4, 0.5) is 0 Å². The summed E-state index contributed by atoms with van der Waals surface area (Å²) < 4.78 is 0. The first kappa shape index (κ1) is 67.4. The summed E-state index contributed by atoms with van der Waals surface area (Å²) in [6.07, 6.45) is 5.59. The van der Waals surface area contributed by atoms with E-state index < -0.39 is 72.0 Å². The van der Waals surface area contributed by atoms with E-state index in [1.165, 1.54) is 0 Å². The van der Waals surface area contributed by atoms with Gasteiger partial charge >= 0.3 is 0 Å². The van der Waals surface area contributed by atoms with Crippen molar-refractivity contribution in [1.29, 1.82) is 0 Å². The Morgan fingerprint density at radius 2 is 0.802 bits per heavy atom. The van der Waals surface area contributed by atoms with Gasteiger partial charge in [-0.1, -0.05) is 147 Å². The Morgan fingerprint density at radius 1 is 0.488 bits per heavy atom. The summed E-state index contributed by atoms with van der Waals surface area (Å²) in [5.41, 5.74) is 15.9. The first-order valence-electron chi connectivity index (χ1n) is 29.8. The van der Waals surface area contributed by atoms with Gasteiger partial charge in [-0.25, -0.2) is 0 Å². The van der Waals surface area contributed by atoms with Gasteiger partial charge in [0.05, 0.1) is 24.2 Å². The number of amides is 8. The fourth-order valence-electron chi connectivity index (χ4n) is 12.1. The maximum Gasteiger partial charge on any atom is 0.246 e. The lowest BCUT2D eigenvalue weighted by molar-refractivity contribution is -0.143. The highest BCUT2D eigenvalue weighted by molar-refractivity contribution is 5.96. The maximum absolute atomic E-state index is 14.6. The van der Waals surface area contributed by atoms with Crippen LogP contribution in [0.25, 0.3) is 0 Å². The largest absolute Gasteiger partial charge is 0.356 e. The molecule has 10 N–H and O–H groups in total. The Hall–Kier alpha value is -7.74. The zero-order chi connectivity index (χ0) is 59.5. The van der Waals surface area contributed by atoms with Crippen molar-refractivity contribution in [3.05, 3.63) is 144 Å². The molecule has 0 radical (unpaired) electrons. The molecule has 20 heteroatoms. The minimum Gasteiger partial charge on any atom is -0.356 e. The van der Waals surface area contributed by atoms with Crippen LogP contribution in [0, 0.1) is 35.5 Å². The summed E-state index contributed by atoms with van der Waals surface area (Å²) in [6.45, 7) is 3.78. The molecule has 0 bridgehead atoms. The standard InChI is InChI=1S/C66H80N10O8.2ClH/c1-3-51(67)61(79)73-59-47(33-35-49-37-39-53(75(49)65(59)83)63(81)71-57(43-23-13-9-14-24-43)44-25-15-10-16-26-44)41-69-55(77)31-21-7-5-6-8-22-32-56(78)70-42-48-34-36-50-38-40-54(76(50)66(84)60(48)74-62(80)52(68)4-2)64(82)72-58(45-27-17-11-18-28-45)46-29-19-12-20-30-46;;/h9-20,23-30,47-54,57-60H,3-4,21-22,31-42,67-68H2,1-2H3,(H,69,77)(H,70,78)(H,71,81)(H,72,82)(H,73,79)(H,74,80);2*1H/t47-,48-,49+,50+,51+,52+,53+,54+,59+,60+;;/m1../s1. The summed E-state index contributed by atoms with van der Waals surface area (Å²) >= 11 is 0. The van der Waals surface area contributed by atoms with Gasteiger partial charge in [-0.2, -0.15) is 0 Å². The molecule has 8 rings (SSSR count). The number of nitrogens with zero attached hydrogens (tertiary/aromatic N) is 2. The van der Waals surface area contributed by atoms with Crippen LogP contribution in [0.2, 0.25) is 0 Å². The first-order valence-corrected chi connectivity index (χ1v) is 29.8. The molecule has 0 aliphatic carbocycles. The maximum atomic E-state index is 14.6. The zero-order valence-electron chi connectivity index (χ0n) is 48.9. The van der Waals surface area contributed by atoms with Crippen molar-refractivity contribution >= 4 is 72.1 Å². The van der Waals surface area contributed by atoms with E-state index in [1.807, 2.05) is 121 Å². The van der Waals surface area contributed by atoms with E-state index >= 15 is 0 Å². The normalized spacial score (nSPS) is 22.0. The van der Waals surface area contributed by atoms with E-state index in [1.54, 1.807) is 23.6 Å². The SMILES string of the molecule is CC[C@H](N)C(=O)N[C@@H]1C(=O)N2[C@@H](CC[C@@H]1CNC(=O)CCC#CC#CCCC(=O)NC[C@H]1CC[C@H]3CC[C@@H](C(=O)NC(c4ccccc4)c4ccccc4)N3C(=O)[C@H]1NC(=O)[C@@H](N)CC)CC[C@H]2C(=O)NC(c1ccccc1)c1ccccc1.Cl.Cl. The number of carbonyl (C=O) groups is 8. The van der Waals surface area contributed by atoms with Gasteiger partial charge in [-0.05, 0) is 98.3 Å². The van der Waals surface area contributed by atoms with Crippen molar-refractivity contribution in [3.8, 4) is 23.7 Å². The van der Waals surface area contributed by atoms with Gasteiger partial charge in [0.2, 0.25) is 47.3 Å². The number of rotatable bonds is 22. The predicted octanol–water partition coefficient (Wildman–Crippen LogP) is 5.42. The molecule has 10 atom stereocenters. The van der Waals surface area contributed by atoms with Crippen molar-refractivity contribution in [2.45, 2.75) is 164 Å². The third kappa shape index (κ3) is 17.5. The van der Waals surface area contributed by atoms with E-state index in [9.17, 15) is 38.4 Å². The highest BCUT2D eigenvalue weighted by Gasteiger charge is 2.50. The van der Waals surface area contributed by atoms with E-state index in [-0.39, 0.29) is 111 Å². The Morgan fingerprint density at radius 3 is 1.12 bits per heavy atom. The number of fused-ring (bicyclic) bond motifs is 2. The van der Waals surface area contributed by atoms with Crippen LogP contribution in [0.1, 0.15) is 138 Å². The number of hydrogen-bond donors (Lipinski definition) is 8. The predicted molar refractivity (Wildman–Crippen MR) is 333 cm³/mol. The third-order valence-corrected chi connectivity index (χ3v) is 16.9. The number of halogens is 2. The van der Waals surface area contributed by atoms with Crippen molar-refractivity contribution in [2.75, 3.05) is 13.1 Å². The molecule has 0 saturated carbocycles. The van der Waals surface area contributed by atoms with Gasteiger partial charge < -0.3 is 53.2 Å². The van der Waals surface area contributed by atoms with Crippen LogP contribution in [-0.2, 0) is 38.4 Å². The van der Waals surface area contributed by atoms with E-state index in [0.717, 1.165) is 22.3 Å².